The third kappa shape index (κ3) is 6.44. The minimum atomic E-state index is -5.13. The topological polar surface area (TPSA) is 100 Å². The molecule has 0 aliphatic carbocycles. The van der Waals surface area contributed by atoms with E-state index in [9.17, 15) is 26.4 Å². The Hall–Kier alpha value is -1.73. The quantitative estimate of drug-likeness (QED) is 0.621. The molecule has 1 N–H and O–H groups in total. The van der Waals surface area contributed by atoms with Gasteiger partial charge < -0.3 is 24.3 Å². The van der Waals surface area contributed by atoms with Gasteiger partial charge in [0.2, 0.25) is 0 Å². The summed E-state index contributed by atoms with van der Waals surface area (Å²) in [7, 11) is -3.68. The van der Waals surface area contributed by atoms with Gasteiger partial charge in [0.1, 0.15) is 12.2 Å². The summed E-state index contributed by atoms with van der Waals surface area (Å²) in [5.74, 6) is -4.79. The molecular formula is C21H28F3NO7S. The molecule has 3 rings (SSSR count). The highest BCUT2D eigenvalue weighted by Crippen LogP contribution is 2.36. The second kappa shape index (κ2) is 9.14. The van der Waals surface area contributed by atoms with Gasteiger partial charge in [-0.2, -0.15) is 13.2 Å². The molecule has 2 fully saturated rings. The van der Waals surface area contributed by atoms with Crippen molar-refractivity contribution in [3.8, 4) is 0 Å². The van der Waals surface area contributed by atoms with Gasteiger partial charge in [-0.05, 0) is 46.2 Å². The number of halogens is 3. The average Bonchev–Trinajstić information content (AvgIpc) is 3.22. The number of sulfone groups is 1. The second-order valence-corrected chi connectivity index (χ2v) is 11.0. The van der Waals surface area contributed by atoms with Crippen LogP contribution in [0, 0.1) is 0 Å². The van der Waals surface area contributed by atoms with Crippen molar-refractivity contribution in [2.45, 2.75) is 81.1 Å². The Morgan fingerprint density at radius 3 is 2.27 bits per heavy atom. The summed E-state index contributed by atoms with van der Waals surface area (Å²) in [5.41, 5.74) is 0. The lowest BCUT2D eigenvalue weighted by Gasteiger charge is -2.32. The monoisotopic (exact) mass is 495 g/mol. The highest BCUT2D eigenvalue weighted by atomic mass is 32.2. The highest BCUT2D eigenvalue weighted by Gasteiger charge is 2.52. The molecule has 1 aromatic carbocycles. The van der Waals surface area contributed by atoms with Crippen LogP contribution < -0.4 is 5.32 Å². The molecule has 2 aliphatic heterocycles. The molecule has 1 aromatic rings. The number of alkyl halides is 3. The Bertz CT molecular complexity index is 950. The fourth-order valence-corrected chi connectivity index (χ4v) is 5.27. The Kier molecular flexibility index (Phi) is 7.17. The molecule has 2 saturated heterocycles. The molecule has 2 aliphatic rings. The number of nitrogens with one attached hydrogen (secondary N) is 1. The van der Waals surface area contributed by atoms with Crippen LogP contribution in [0.1, 0.15) is 34.1 Å². The second-order valence-electron chi connectivity index (χ2n) is 8.92. The molecule has 1 amide bonds. The maximum atomic E-state index is 13.0. The molecule has 0 bridgehead atoms. The minimum Gasteiger partial charge on any atom is -0.348 e. The number of benzene rings is 1. The van der Waals surface area contributed by atoms with Gasteiger partial charge in [-0.15, -0.1) is 0 Å². The molecule has 4 atom stereocenters. The van der Waals surface area contributed by atoms with Crippen LogP contribution in [0.5, 0.6) is 0 Å². The highest BCUT2D eigenvalue weighted by molar-refractivity contribution is 7.91. The van der Waals surface area contributed by atoms with Crippen molar-refractivity contribution in [2.24, 2.45) is 0 Å². The van der Waals surface area contributed by atoms with Crippen molar-refractivity contribution in [1.29, 1.82) is 0 Å². The maximum Gasteiger partial charge on any atom is 0.471 e. The molecule has 33 heavy (non-hydrogen) atoms. The van der Waals surface area contributed by atoms with Gasteiger partial charge in [0.25, 0.3) is 0 Å². The average molecular weight is 496 g/mol. The summed E-state index contributed by atoms with van der Waals surface area (Å²) < 4.78 is 87.4. The maximum absolute atomic E-state index is 13.0. The van der Waals surface area contributed by atoms with E-state index in [1.54, 1.807) is 45.9 Å². The molecule has 0 aromatic heterocycles. The van der Waals surface area contributed by atoms with Gasteiger partial charge in [-0.3, -0.25) is 4.79 Å². The van der Waals surface area contributed by atoms with Gasteiger partial charge in [-0.1, -0.05) is 18.2 Å². The van der Waals surface area contributed by atoms with Gasteiger partial charge in [0.15, 0.2) is 21.4 Å². The fraction of sp³-hybridized carbons (Fsp3) is 0.667. The summed E-state index contributed by atoms with van der Waals surface area (Å²) in [6.45, 7) is 6.21. The number of ether oxygens (including phenoxy) is 4. The summed E-state index contributed by atoms with van der Waals surface area (Å²) >= 11 is 0. The zero-order valence-electron chi connectivity index (χ0n) is 18.7. The first kappa shape index (κ1) is 25.9. The summed E-state index contributed by atoms with van der Waals surface area (Å²) in [5, 5.41) is 1.95. The summed E-state index contributed by atoms with van der Waals surface area (Å²) in [6, 6.07) is 6.49. The molecule has 0 unspecified atom stereocenters. The largest absolute Gasteiger partial charge is 0.471 e. The van der Waals surface area contributed by atoms with Crippen LogP contribution >= 0.6 is 0 Å². The van der Waals surface area contributed by atoms with E-state index in [1.807, 2.05) is 5.32 Å². The van der Waals surface area contributed by atoms with Crippen molar-refractivity contribution in [1.82, 2.24) is 5.32 Å². The Morgan fingerprint density at radius 1 is 1.09 bits per heavy atom. The standard InChI is InChI=1S/C21H28F3NO7S/c1-19(2)29-12-15(31-19)16(25-18(26)21(22,23)24)17-14(30-20(3,4)32-17)10-11-33(27,28)13-8-6-5-7-9-13/h5-9,14-17H,10-12H2,1-4H3,(H,25,26)/t14-,15+,16-,17+/m0/s1. The van der Waals surface area contributed by atoms with Crippen LogP contribution in [0.25, 0.3) is 0 Å². The van der Waals surface area contributed by atoms with Crippen LogP contribution in [-0.2, 0) is 33.6 Å². The van der Waals surface area contributed by atoms with Gasteiger partial charge >= 0.3 is 12.1 Å². The molecule has 8 nitrogen and oxygen atoms in total. The van der Waals surface area contributed by atoms with Gasteiger partial charge in [0.05, 0.1) is 29.4 Å². The van der Waals surface area contributed by atoms with Crippen LogP contribution in [0.4, 0.5) is 13.2 Å². The number of amides is 1. The first-order valence-corrected chi connectivity index (χ1v) is 12.1. The molecule has 186 valence electrons. The van der Waals surface area contributed by atoms with Crippen molar-refractivity contribution in [3.63, 3.8) is 0 Å². The van der Waals surface area contributed by atoms with E-state index in [4.69, 9.17) is 18.9 Å². The zero-order valence-corrected chi connectivity index (χ0v) is 19.5. The van der Waals surface area contributed by atoms with Crippen molar-refractivity contribution < 1.29 is 45.3 Å². The smallest absolute Gasteiger partial charge is 0.348 e. The Labute approximate surface area is 190 Å². The number of carbonyl (C=O) groups excluding carboxylic acids is 1. The van der Waals surface area contributed by atoms with Crippen molar-refractivity contribution in [2.75, 3.05) is 12.4 Å². The zero-order chi connectivity index (χ0) is 24.7. The van der Waals surface area contributed by atoms with Crippen molar-refractivity contribution >= 4 is 15.7 Å². The number of hydrogen-bond donors (Lipinski definition) is 1. The normalized spacial score (nSPS) is 27.9. The Morgan fingerprint density at radius 2 is 1.73 bits per heavy atom. The SMILES string of the molecule is CC1(C)O[C@@H]([C@@H](NC(=O)C(F)(F)F)[C@H]2COC(C)(C)O2)[C@H](CCS(=O)(=O)c2ccccc2)O1. The molecule has 2 heterocycles. The van der Waals surface area contributed by atoms with E-state index >= 15 is 0 Å². The summed E-state index contributed by atoms with van der Waals surface area (Å²) in [4.78, 5) is 11.9. The van der Waals surface area contributed by atoms with Gasteiger partial charge in [-0.25, -0.2) is 8.42 Å². The third-order valence-electron chi connectivity index (χ3n) is 5.34. The number of hydrogen-bond acceptors (Lipinski definition) is 7. The predicted octanol–water partition coefficient (Wildman–Crippen LogP) is 2.57. The molecule has 0 spiro atoms. The predicted molar refractivity (Wildman–Crippen MR) is 110 cm³/mol. The van der Waals surface area contributed by atoms with E-state index in [0.717, 1.165) is 0 Å². The summed E-state index contributed by atoms with van der Waals surface area (Å²) in [6.07, 6.45) is -8.21. The van der Waals surface area contributed by atoms with Gasteiger partial charge in [0, 0.05) is 0 Å². The van der Waals surface area contributed by atoms with Crippen molar-refractivity contribution in [3.05, 3.63) is 30.3 Å². The third-order valence-corrected chi connectivity index (χ3v) is 7.10. The Balaban J connectivity index is 1.84. The van der Waals surface area contributed by atoms with E-state index in [2.05, 4.69) is 0 Å². The van der Waals surface area contributed by atoms with Crippen LogP contribution in [-0.4, -0.2) is 68.8 Å². The van der Waals surface area contributed by atoms with E-state index in [1.165, 1.54) is 12.1 Å². The molecule has 0 saturated carbocycles. The number of rotatable bonds is 7. The molecule has 0 radical (unpaired) electrons. The number of carbonyl (C=O) groups is 1. The lowest BCUT2D eigenvalue weighted by atomic mass is 9.98. The van der Waals surface area contributed by atoms with E-state index in [-0.39, 0.29) is 23.7 Å². The molecule has 12 heteroatoms. The first-order chi connectivity index (χ1) is 15.1. The van der Waals surface area contributed by atoms with Crippen LogP contribution in [0.3, 0.4) is 0 Å². The van der Waals surface area contributed by atoms with E-state index in [0.29, 0.717) is 0 Å². The van der Waals surface area contributed by atoms with Crippen LogP contribution in [0.2, 0.25) is 0 Å². The molecular weight excluding hydrogens is 467 g/mol. The minimum absolute atomic E-state index is 0.0688. The van der Waals surface area contributed by atoms with E-state index < -0.39 is 57.8 Å². The lowest BCUT2D eigenvalue weighted by molar-refractivity contribution is -0.181. The first-order valence-electron chi connectivity index (χ1n) is 10.4. The van der Waals surface area contributed by atoms with Crippen LogP contribution in [0.15, 0.2) is 35.2 Å². The fourth-order valence-electron chi connectivity index (χ4n) is 3.92. The lowest BCUT2D eigenvalue weighted by Crippen LogP contribution is -2.57.